The number of fused-ring (bicyclic) bond motifs is 1. The van der Waals surface area contributed by atoms with Crippen LogP contribution in [0.15, 0.2) is 4.52 Å². The van der Waals surface area contributed by atoms with E-state index in [-0.39, 0.29) is 5.91 Å². The summed E-state index contributed by atoms with van der Waals surface area (Å²) < 4.78 is 5.15. The van der Waals surface area contributed by atoms with E-state index in [1.807, 2.05) is 0 Å². The van der Waals surface area contributed by atoms with Crippen molar-refractivity contribution in [2.45, 2.75) is 25.7 Å². The van der Waals surface area contributed by atoms with Crippen LogP contribution in [-0.2, 0) is 17.7 Å². The van der Waals surface area contributed by atoms with Crippen molar-refractivity contribution in [2.24, 2.45) is 0 Å². The molecule has 1 aliphatic carbocycles. The minimum atomic E-state index is -0.246. The van der Waals surface area contributed by atoms with Gasteiger partial charge in [-0.05, 0) is 19.3 Å². The lowest BCUT2D eigenvalue weighted by Crippen LogP contribution is -2.26. The number of hydroxylamine groups is 2. The molecule has 1 heterocycles. The molecule has 0 fully saturated rings. The first-order valence-electron chi connectivity index (χ1n) is 5.03. The molecular formula is C10H14N2O3. The quantitative estimate of drug-likeness (QED) is 0.688. The summed E-state index contributed by atoms with van der Waals surface area (Å²) in [5, 5.41) is 4.98. The fourth-order valence-corrected chi connectivity index (χ4v) is 1.78. The molecule has 2 rings (SSSR count). The van der Waals surface area contributed by atoms with Crippen LogP contribution in [0, 0.1) is 0 Å². The average molecular weight is 210 g/mol. The Balaban J connectivity index is 2.28. The van der Waals surface area contributed by atoms with Crippen molar-refractivity contribution in [2.75, 3.05) is 14.2 Å². The van der Waals surface area contributed by atoms with E-state index < -0.39 is 0 Å². The van der Waals surface area contributed by atoms with Crippen molar-refractivity contribution in [1.29, 1.82) is 0 Å². The van der Waals surface area contributed by atoms with E-state index >= 15 is 0 Å². The van der Waals surface area contributed by atoms with Crippen molar-refractivity contribution >= 4 is 5.91 Å². The molecule has 0 atom stereocenters. The zero-order chi connectivity index (χ0) is 10.8. The molecule has 0 aromatic carbocycles. The highest BCUT2D eigenvalue weighted by atomic mass is 16.7. The molecule has 0 aliphatic heterocycles. The first-order chi connectivity index (χ1) is 7.24. The van der Waals surface area contributed by atoms with Crippen molar-refractivity contribution in [3.05, 3.63) is 17.0 Å². The molecule has 0 radical (unpaired) electrons. The van der Waals surface area contributed by atoms with Gasteiger partial charge < -0.3 is 4.52 Å². The second kappa shape index (κ2) is 4.02. The lowest BCUT2D eigenvalue weighted by atomic mass is 9.96. The zero-order valence-electron chi connectivity index (χ0n) is 8.95. The maximum atomic E-state index is 11.8. The molecule has 15 heavy (non-hydrogen) atoms. The van der Waals surface area contributed by atoms with Crippen LogP contribution in [0.3, 0.4) is 0 Å². The van der Waals surface area contributed by atoms with E-state index in [4.69, 9.17) is 9.36 Å². The number of hydrogen-bond acceptors (Lipinski definition) is 4. The third kappa shape index (κ3) is 1.74. The fourth-order valence-electron chi connectivity index (χ4n) is 1.78. The van der Waals surface area contributed by atoms with Gasteiger partial charge in [-0.1, -0.05) is 5.16 Å². The van der Waals surface area contributed by atoms with E-state index in [2.05, 4.69) is 5.16 Å². The summed E-state index contributed by atoms with van der Waals surface area (Å²) in [6.07, 6.45) is 3.95. The molecule has 0 bridgehead atoms. The number of nitrogens with zero attached hydrogens (tertiary/aromatic N) is 2. The highest BCUT2D eigenvalue weighted by Gasteiger charge is 2.25. The highest BCUT2D eigenvalue weighted by molar-refractivity contribution is 5.93. The van der Waals surface area contributed by atoms with Gasteiger partial charge in [0.05, 0.1) is 7.11 Å². The SMILES string of the molecule is CON(C)C(=O)c1noc2c1CCCC2. The first kappa shape index (κ1) is 10.2. The fraction of sp³-hybridized carbons (Fsp3) is 0.600. The third-order valence-corrected chi connectivity index (χ3v) is 2.71. The van der Waals surface area contributed by atoms with Gasteiger partial charge in [-0.15, -0.1) is 0 Å². The predicted molar refractivity (Wildman–Crippen MR) is 52.2 cm³/mol. The molecule has 1 aromatic rings. The van der Waals surface area contributed by atoms with E-state index in [0.717, 1.165) is 42.1 Å². The van der Waals surface area contributed by atoms with Crippen LogP contribution in [0.25, 0.3) is 0 Å². The van der Waals surface area contributed by atoms with Crippen LogP contribution < -0.4 is 0 Å². The van der Waals surface area contributed by atoms with Crippen LogP contribution in [0.4, 0.5) is 0 Å². The summed E-state index contributed by atoms with van der Waals surface area (Å²) in [7, 11) is 3.01. The summed E-state index contributed by atoms with van der Waals surface area (Å²) in [6.45, 7) is 0. The highest BCUT2D eigenvalue weighted by Crippen LogP contribution is 2.24. The Morgan fingerprint density at radius 1 is 1.47 bits per heavy atom. The summed E-state index contributed by atoms with van der Waals surface area (Å²) in [4.78, 5) is 16.6. The minimum Gasteiger partial charge on any atom is -0.360 e. The van der Waals surface area contributed by atoms with E-state index in [1.165, 1.54) is 7.11 Å². The number of carbonyl (C=O) groups is 1. The Morgan fingerprint density at radius 3 is 2.93 bits per heavy atom. The second-order valence-electron chi connectivity index (χ2n) is 3.63. The predicted octanol–water partition coefficient (Wildman–Crippen LogP) is 1.19. The zero-order valence-corrected chi connectivity index (χ0v) is 8.95. The largest absolute Gasteiger partial charge is 0.360 e. The van der Waals surface area contributed by atoms with Crippen LogP contribution >= 0.6 is 0 Å². The number of carbonyl (C=O) groups excluding carboxylic acids is 1. The van der Waals surface area contributed by atoms with Crippen molar-refractivity contribution in [3.8, 4) is 0 Å². The van der Waals surface area contributed by atoms with E-state index in [0.29, 0.717) is 5.69 Å². The molecule has 0 unspecified atom stereocenters. The summed E-state index contributed by atoms with van der Waals surface area (Å²) in [5.74, 6) is 0.610. The number of hydrogen-bond donors (Lipinski definition) is 0. The lowest BCUT2D eigenvalue weighted by Gasteiger charge is -2.13. The van der Waals surface area contributed by atoms with Crippen LogP contribution in [0.1, 0.15) is 34.7 Å². The summed E-state index contributed by atoms with van der Waals surface area (Å²) in [6, 6.07) is 0. The summed E-state index contributed by atoms with van der Waals surface area (Å²) >= 11 is 0. The maximum absolute atomic E-state index is 11.8. The smallest absolute Gasteiger partial charge is 0.299 e. The molecule has 1 aromatic heterocycles. The van der Waals surface area contributed by atoms with Gasteiger partial charge in [0.15, 0.2) is 5.69 Å². The van der Waals surface area contributed by atoms with Crippen molar-refractivity contribution < 1.29 is 14.2 Å². The molecule has 82 valence electrons. The minimum absolute atomic E-state index is 0.246. The van der Waals surface area contributed by atoms with Gasteiger partial charge in [0, 0.05) is 19.0 Å². The summed E-state index contributed by atoms with van der Waals surface area (Å²) in [5.41, 5.74) is 1.35. The van der Waals surface area contributed by atoms with Gasteiger partial charge >= 0.3 is 0 Å². The molecule has 0 N–H and O–H groups in total. The lowest BCUT2D eigenvalue weighted by molar-refractivity contribution is -0.0762. The van der Waals surface area contributed by atoms with Gasteiger partial charge in [0.2, 0.25) is 0 Å². The molecule has 0 spiro atoms. The van der Waals surface area contributed by atoms with Gasteiger partial charge in [-0.3, -0.25) is 9.63 Å². The number of amides is 1. The molecule has 0 saturated carbocycles. The van der Waals surface area contributed by atoms with Crippen molar-refractivity contribution in [1.82, 2.24) is 10.2 Å². The Labute approximate surface area is 87.9 Å². The molecule has 1 aliphatic rings. The van der Waals surface area contributed by atoms with E-state index in [9.17, 15) is 4.79 Å². The molecule has 0 saturated heterocycles. The molecule has 5 heteroatoms. The number of rotatable bonds is 2. The molecule has 1 amide bonds. The molecule has 5 nitrogen and oxygen atoms in total. The standard InChI is InChI=1S/C10H14N2O3/c1-12(14-2)10(13)9-7-5-3-4-6-8(7)15-11-9/h3-6H2,1-2H3. The first-order valence-corrected chi connectivity index (χ1v) is 5.03. The number of aryl methyl sites for hydroxylation is 1. The maximum Gasteiger partial charge on any atom is 0.299 e. The van der Waals surface area contributed by atoms with Crippen LogP contribution in [-0.4, -0.2) is 30.3 Å². The normalized spacial score (nSPS) is 14.8. The van der Waals surface area contributed by atoms with Gasteiger partial charge in [0.1, 0.15) is 5.76 Å². The Morgan fingerprint density at radius 2 is 2.20 bits per heavy atom. The van der Waals surface area contributed by atoms with Crippen LogP contribution in [0.5, 0.6) is 0 Å². The number of aromatic nitrogens is 1. The molecular weight excluding hydrogens is 196 g/mol. The van der Waals surface area contributed by atoms with Crippen LogP contribution in [0.2, 0.25) is 0 Å². The Bertz CT molecular complexity index is 373. The van der Waals surface area contributed by atoms with Gasteiger partial charge in [-0.25, -0.2) is 5.06 Å². The monoisotopic (exact) mass is 210 g/mol. The van der Waals surface area contributed by atoms with Gasteiger partial charge in [0.25, 0.3) is 5.91 Å². The Kier molecular flexibility index (Phi) is 2.73. The average Bonchev–Trinajstić information content (AvgIpc) is 2.70. The van der Waals surface area contributed by atoms with Gasteiger partial charge in [-0.2, -0.15) is 0 Å². The van der Waals surface area contributed by atoms with E-state index in [1.54, 1.807) is 7.05 Å². The third-order valence-electron chi connectivity index (χ3n) is 2.71. The second-order valence-corrected chi connectivity index (χ2v) is 3.63. The topological polar surface area (TPSA) is 55.6 Å². The van der Waals surface area contributed by atoms with Crippen molar-refractivity contribution in [3.63, 3.8) is 0 Å². The Hall–Kier alpha value is -1.36.